The van der Waals surface area contributed by atoms with Gasteiger partial charge < -0.3 is 9.80 Å². The highest BCUT2D eigenvalue weighted by molar-refractivity contribution is 5.83. The van der Waals surface area contributed by atoms with E-state index in [4.69, 9.17) is 0 Å². The van der Waals surface area contributed by atoms with Crippen LogP contribution in [0.1, 0.15) is 37.2 Å². The summed E-state index contributed by atoms with van der Waals surface area (Å²) in [4.78, 5) is 31.2. The van der Waals surface area contributed by atoms with Gasteiger partial charge in [0.15, 0.2) is 0 Å². The average molecular weight is 373 g/mol. The molecule has 5 nitrogen and oxygen atoms in total. The van der Waals surface area contributed by atoms with E-state index in [2.05, 4.69) is 4.90 Å². The van der Waals surface area contributed by atoms with Crippen molar-refractivity contribution in [3.63, 3.8) is 0 Å². The number of likely N-dealkylation sites (tertiary alicyclic amines) is 1. The van der Waals surface area contributed by atoms with Crippen LogP contribution in [0.4, 0.5) is 4.39 Å². The van der Waals surface area contributed by atoms with Crippen LogP contribution in [0, 0.1) is 11.7 Å². The highest BCUT2D eigenvalue weighted by Gasteiger charge is 2.47. The lowest BCUT2D eigenvalue weighted by atomic mass is 10.1. The largest absolute Gasteiger partial charge is 0.342 e. The van der Waals surface area contributed by atoms with Crippen molar-refractivity contribution in [1.29, 1.82) is 0 Å². The minimum Gasteiger partial charge on any atom is -0.342 e. The Bertz CT molecular complexity index is 696. The zero-order valence-corrected chi connectivity index (χ0v) is 15.8. The van der Waals surface area contributed by atoms with Gasteiger partial charge in [-0.1, -0.05) is 18.2 Å². The van der Waals surface area contributed by atoms with Crippen LogP contribution >= 0.6 is 0 Å². The van der Waals surface area contributed by atoms with Gasteiger partial charge in [0.2, 0.25) is 11.8 Å². The van der Waals surface area contributed by atoms with Gasteiger partial charge in [-0.3, -0.25) is 14.5 Å². The second-order valence-electron chi connectivity index (χ2n) is 8.01. The van der Waals surface area contributed by atoms with Crippen LogP contribution in [0.25, 0.3) is 0 Å². The van der Waals surface area contributed by atoms with Crippen LogP contribution in [-0.4, -0.2) is 72.3 Å². The number of amides is 2. The molecule has 6 heteroatoms. The van der Waals surface area contributed by atoms with Crippen LogP contribution in [-0.2, 0) is 9.59 Å². The lowest BCUT2D eigenvalue weighted by Crippen LogP contribution is -2.52. The minimum absolute atomic E-state index is 0.0254. The van der Waals surface area contributed by atoms with E-state index >= 15 is 0 Å². The second-order valence-corrected chi connectivity index (χ2v) is 8.01. The molecule has 0 spiro atoms. The molecule has 27 heavy (non-hydrogen) atoms. The molecule has 2 amide bonds. The van der Waals surface area contributed by atoms with Crippen molar-refractivity contribution in [3.8, 4) is 0 Å². The average Bonchev–Trinajstić information content (AvgIpc) is 3.49. The number of hydrogen-bond acceptors (Lipinski definition) is 3. The minimum atomic E-state index is -0.209. The maximum atomic E-state index is 13.9. The third kappa shape index (κ3) is 4.15. The number of benzene rings is 1. The highest BCUT2D eigenvalue weighted by Crippen LogP contribution is 2.49. The summed E-state index contributed by atoms with van der Waals surface area (Å²) in [6.07, 6.45) is 4.18. The fraction of sp³-hybridized carbons (Fsp3) is 0.619. The van der Waals surface area contributed by atoms with Crippen molar-refractivity contribution in [2.75, 3.05) is 45.8 Å². The van der Waals surface area contributed by atoms with E-state index in [1.54, 1.807) is 12.1 Å². The van der Waals surface area contributed by atoms with Crippen molar-refractivity contribution >= 4 is 11.8 Å². The molecule has 0 aromatic heterocycles. The number of rotatable bonds is 4. The van der Waals surface area contributed by atoms with Gasteiger partial charge in [-0.2, -0.15) is 0 Å². The molecule has 2 atom stereocenters. The molecule has 0 bridgehead atoms. The highest BCUT2D eigenvalue weighted by atomic mass is 19.1. The smallest absolute Gasteiger partial charge is 0.236 e. The Morgan fingerprint density at radius 1 is 0.926 bits per heavy atom. The molecule has 2 aliphatic heterocycles. The maximum absolute atomic E-state index is 13.9. The molecule has 1 aromatic rings. The molecule has 1 aliphatic carbocycles. The maximum Gasteiger partial charge on any atom is 0.236 e. The van der Waals surface area contributed by atoms with E-state index in [-0.39, 0.29) is 29.5 Å². The molecule has 3 aliphatic rings. The van der Waals surface area contributed by atoms with Crippen molar-refractivity contribution < 1.29 is 14.0 Å². The van der Waals surface area contributed by atoms with E-state index in [0.29, 0.717) is 25.2 Å². The zero-order chi connectivity index (χ0) is 18.8. The second kappa shape index (κ2) is 7.97. The summed E-state index contributed by atoms with van der Waals surface area (Å²) in [6, 6.07) is 6.77. The Morgan fingerprint density at radius 3 is 2.33 bits per heavy atom. The topological polar surface area (TPSA) is 43.9 Å². The predicted molar refractivity (Wildman–Crippen MR) is 101 cm³/mol. The first-order valence-corrected chi connectivity index (χ1v) is 10.2. The van der Waals surface area contributed by atoms with Gasteiger partial charge >= 0.3 is 0 Å². The van der Waals surface area contributed by atoms with Crippen LogP contribution in [0.3, 0.4) is 0 Å². The van der Waals surface area contributed by atoms with Crippen molar-refractivity contribution in [2.45, 2.75) is 31.6 Å². The third-order valence-electron chi connectivity index (χ3n) is 6.16. The fourth-order valence-corrected chi connectivity index (χ4v) is 4.38. The summed E-state index contributed by atoms with van der Waals surface area (Å²) in [5.41, 5.74) is 0.668. The standard InChI is InChI=1S/C21H28FN3O2/c22-19-7-3-2-6-16(19)17-14-18(17)21(27)25-12-10-23(11-13-25)15-20(26)24-8-4-1-5-9-24/h2-3,6-7,17-18H,1,4-5,8-15H2. The number of carbonyl (C=O) groups is 2. The summed E-state index contributed by atoms with van der Waals surface area (Å²) in [7, 11) is 0. The van der Waals surface area contributed by atoms with Gasteiger partial charge in [-0.05, 0) is 43.2 Å². The normalized spacial score (nSPS) is 26.1. The van der Waals surface area contributed by atoms with Crippen molar-refractivity contribution in [3.05, 3.63) is 35.6 Å². The summed E-state index contributed by atoms with van der Waals surface area (Å²) in [5.74, 6) is 0.0984. The van der Waals surface area contributed by atoms with Crippen LogP contribution < -0.4 is 0 Å². The Morgan fingerprint density at radius 2 is 1.63 bits per heavy atom. The van der Waals surface area contributed by atoms with Gasteiger partial charge in [-0.25, -0.2) is 4.39 Å². The molecule has 2 unspecified atom stereocenters. The molecule has 4 rings (SSSR count). The number of halogens is 1. The number of piperidine rings is 1. The Hall–Kier alpha value is -1.95. The first-order chi connectivity index (χ1) is 13.1. The van der Waals surface area contributed by atoms with Gasteiger partial charge in [0, 0.05) is 45.2 Å². The van der Waals surface area contributed by atoms with Gasteiger partial charge in [0.1, 0.15) is 5.82 Å². The fourth-order valence-electron chi connectivity index (χ4n) is 4.38. The van der Waals surface area contributed by atoms with E-state index in [0.717, 1.165) is 45.4 Å². The van der Waals surface area contributed by atoms with Crippen molar-refractivity contribution in [2.24, 2.45) is 5.92 Å². The SMILES string of the molecule is O=C(CN1CCN(C(=O)C2CC2c2ccccc2F)CC1)N1CCCCC1. The first kappa shape index (κ1) is 18.4. The molecule has 3 fully saturated rings. The summed E-state index contributed by atoms with van der Waals surface area (Å²) in [6.45, 7) is 5.03. The third-order valence-corrected chi connectivity index (χ3v) is 6.16. The molecule has 1 aromatic carbocycles. The predicted octanol–water partition coefficient (Wildman–Crippen LogP) is 2.09. The lowest BCUT2D eigenvalue weighted by molar-refractivity contribution is -0.136. The first-order valence-electron chi connectivity index (χ1n) is 10.2. The molecule has 2 heterocycles. The zero-order valence-electron chi connectivity index (χ0n) is 15.8. The van der Waals surface area contributed by atoms with Gasteiger partial charge in [0.05, 0.1) is 6.54 Å². The molecule has 146 valence electrons. The van der Waals surface area contributed by atoms with E-state index in [1.807, 2.05) is 15.9 Å². The molecular formula is C21H28FN3O2. The molecule has 0 N–H and O–H groups in total. The molecule has 1 saturated carbocycles. The number of nitrogens with zero attached hydrogens (tertiary/aromatic N) is 3. The van der Waals surface area contributed by atoms with Crippen LogP contribution in [0.15, 0.2) is 24.3 Å². The number of carbonyl (C=O) groups excluding carboxylic acids is 2. The van der Waals surface area contributed by atoms with E-state index < -0.39 is 0 Å². The summed E-state index contributed by atoms with van der Waals surface area (Å²) in [5, 5.41) is 0. The summed E-state index contributed by atoms with van der Waals surface area (Å²) < 4.78 is 13.9. The molecule has 2 saturated heterocycles. The van der Waals surface area contributed by atoms with Gasteiger partial charge in [-0.15, -0.1) is 0 Å². The van der Waals surface area contributed by atoms with Gasteiger partial charge in [0.25, 0.3) is 0 Å². The Labute approximate surface area is 160 Å². The monoisotopic (exact) mass is 373 g/mol. The molecular weight excluding hydrogens is 345 g/mol. The van der Waals surface area contributed by atoms with E-state index in [9.17, 15) is 14.0 Å². The Kier molecular flexibility index (Phi) is 5.43. The Balaban J connectivity index is 1.24. The van der Waals surface area contributed by atoms with E-state index in [1.165, 1.54) is 12.5 Å². The van der Waals surface area contributed by atoms with Crippen molar-refractivity contribution in [1.82, 2.24) is 14.7 Å². The number of hydrogen-bond donors (Lipinski definition) is 0. The quantitative estimate of drug-likeness (QED) is 0.812. The number of piperazine rings is 1. The summed E-state index contributed by atoms with van der Waals surface area (Å²) >= 11 is 0. The van der Waals surface area contributed by atoms with Crippen LogP contribution in [0.2, 0.25) is 0 Å². The lowest BCUT2D eigenvalue weighted by Gasteiger charge is -2.36. The van der Waals surface area contributed by atoms with Crippen LogP contribution in [0.5, 0.6) is 0 Å². The molecule has 0 radical (unpaired) electrons.